The van der Waals surface area contributed by atoms with Crippen molar-refractivity contribution in [1.29, 1.82) is 0 Å². The summed E-state index contributed by atoms with van der Waals surface area (Å²) in [5, 5.41) is 6.96. The number of aromatic amines is 1. The van der Waals surface area contributed by atoms with Gasteiger partial charge < -0.3 is 9.64 Å². The smallest absolute Gasteiger partial charge is 0.240 e. The summed E-state index contributed by atoms with van der Waals surface area (Å²) in [6, 6.07) is 9.75. The van der Waals surface area contributed by atoms with E-state index >= 15 is 0 Å². The van der Waals surface area contributed by atoms with E-state index in [0.29, 0.717) is 31.5 Å². The molecule has 0 radical (unpaired) electrons. The zero-order valence-corrected chi connectivity index (χ0v) is 12.3. The normalized spacial score (nSPS) is 16.7. The summed E-state index contributed by atoms with van der Waals surface area (Å²) >= 11 is 1.39. The van der Waals surface area contributed by atoms with Gasteiger partial charge in [0.25, 0.3) is 0 Å². The van der Waals surface area contributed by atoms with Gasteiger partial charge >= 0.3 is 0 Å². The molecule has 0 bridgehead atoms. The van der Waals surface area contributed by atoms with E-state index < -0.39 is 0 Å². The van der Waals surface area contributed by atoms with Crippen LogP contribution in [0.3, 0.4) is 0 Å². The van der Waals surface area contributed by atoms with E-state index in [4.69, 9.17) is 4.74 Å². The fourth-order valence-corrected chi connectivity index (χ4v) is 3.18. The number of thioether (sulfide) groups is 1. The Labute approximate surface area is 126 Å². The summed E-state index contributed by atoms with van der Waals surface area (Å²) in [4.78, 5) is 18.8. The van der Waals surface area contributed by atoms with Crippen molar-refractivity contribution in [2.75, 3.05) is 26.3 Å². The van der Waals surface area contributed by atoms with Crippen LogP contribution in [0.15, 0.2) is 41.8 Å². The Morgan fingerprint density at radius 2 is 2.05 bits per heavy atom. The first-order chi connectivity index (χ1) is 10.3. The molecule has 1 aliphatic heterocycles. The quantitative estimate of drug-likeness (QED) is 0.867. The van der Waals surface area contributed by atoms with Crippen molar-refractivity contribution in [3.8, 4) is 0 Å². The summed E-state index contributed by atoms with van der Waals surface area (Å²) in [5.74, 6) is 0.0888. The number of carbonyl (C=O) groups is 1. The van der Waals surface area contributed by atoms with Crippen molar-refractivity contribution in [2.24, 2.45) is 0 Å². The maximum Gasteiger partial charge on any atom is 0.240 e. The van der Waals surface area contributed by atoms with Crippen LogP contribution in [0.25, 0.3) is 0 Å². The number of aromatic nitrogens is 3. The molecule has 1 fully saturated rings. The third-order valence-corrected chi connectivity index (χ3v) is 4.40. The number of hydrogen-bond donors (Lipinski definition) is 1. The molecule has 1 aliphatic rings. The Bertz CT molecular complexity index is 570. The highest BCUT2D eigenvalue weighted by Crippen LogP contribution is 2.34. The summed E-state index contributed by atoms with van der Waals surface area (Å²) < 4.78 is 5.31. The van der Waals surface area contributed by atoms with Crippen LogP contribution < -0.4 is 0 Å². The molecular formula is C14H16N4O2S. The number of nitrogens with zero attached hydrogens (tertiary/aromatic N) is 3. The molecule has 2 aromatic rings. The van der Waals surface area contributed by atoms with E-state index in [1.807, 2.05) is 35.2 Å². The first-order valence-electron chi connectivity index (χ1n) is 6.78. The van der Waals surface area contributed by atoms with Gasteiger partial charge in [-0.1, -0.05) is 42.1 Å². The molecule has 3 rings (SSSR count). The van der Waals surface area contributed by atoms with Gasteiger partial charge in [-0.15, -0.1) is 0 Å². The SMILES string of the molecule is O=C([C@H](Sc1ncn[nH]1)c1ccccc1)N1CCOCC1. The van der Waals surface area contributed by atoms with Gasteiger partial charge in [0.15, 0.2) is 5.16 Å². The number of benzene rings is 1. The predicted octanol–water partition coefficient (Wildman–Crippen LogP) is 1.50. The molecule has 0 unspecified atom stereocenters. The second-order valence-corrected chi connectivity index (χ2v) is 5.73. The molecule has 6 nitrogen and oxygen atoms in total. The van der Waals surface area contributed by atoms with Crippen molar-refractivity contribution >= 4 is 17.7 Å². The lowest BCUT2D eigenvalue weighted by molar-refractivity contribution is -0.134. The molecule has 2 heterocycles. The predicted molar refractivity (Wildman–Crippen MR) is 78.8 cm³/mol. The number of ether oxygens (including phenoxy) is 1. The van der Waals surface area contributed by atoms with E-state index in [1.54, 1.807) is 0 Å². The molecule has 110 valence electrons. The zero-order chi connectivity index (χ0) is 14.5. The first kappa shape index (κ1) is 14.1. The average Bonchev–Trinajstić information content (AvgIpc) is 3.07. The minimum atomic E-state index is -0.322. The molecule has 21 heavy (non-hydrogen) atoms. The van der Waals surface area contributed by atoms with Gasteiger partial charge in [0.2, 0.25) is 5.91 Å². The maximum atomic E-state index is 12.8. The lowest BCUT2D eigenvalue weighted by Crippen LogP contribution is -2.42. The number of carbonyl (C=O) groups excluding carboxylic acids is 1. The van der Waals surface area contributed by atoms with Crippen LogP contribution in [-0.4, -0.2) is 52.3 Å². The van der Waals surface area contributed by atoms with Crippen molar-refractivity contribution in [3.63, 3.8) is 0 Å². The van der Waals surface area contributed by atoms with Gasteiger partial charge in [-0.2, -0.15) is 5.10 Å². The average molecular weight is 304 g/mol. The summed E-state index contributed by atoms with van der Waals surface area (Å²) in [7, 11) is 0. The standard InChI is InChI=1S/C14H16N4O2S/c19-13(18-6-8-20-9-7-18)12(11-4-2-1-3-5-11)21-14-15-10-16-17-14/h1-5,10,12H,6-9H2,(H,15,16,17)/t12-/m1/s1. The molecule has 1 atom stereocenters. The minimum absolute atomic E-state index is 0.0888. The van der Waals surface area contributed by atoms with Crippen molar-refractivity contribution in [1.82, 2.24) is 20.1 Å². The van der Waals surface area contributed by atoms with Crippen LogP contribution in [0.1, 0.15) is 10.8 Å². The molecule has 1 amide bonds. The van der Waals surface area contributed by atoms with Gasteiger partial charge in [-0.25, -0.2) is 4.98 Å². The van der Waals surface area contributed by atoms with E-state index in [0.717, 1.165) is 5.56 Å². The molecule has 0 saturated carbocycles. The van der Waals surface area contributed by atoms with Crippen molar-refractivity contribution < 1.29 is 9.53 Å². The van der Waals surface area contributed by atoms with Gasteiger partial charge in [0.1, 0.15) is 11.6 Å². The largest absolute Gasteiger partial charge is 0.378 e. The fourth-order valence-electron chi connectivity index (χ4n) is 2.20. The number of H-pyrrole nitrogens is 1. The van der Waals surface area contributed by atoms with Crippen LogP contribution in [0.4, 0.5) is 0 Å². The highest BCUT2D eigenvalue weighted by atomic mass is 32.2. The number of rotatable bonds is 4. The van der Waals surface area contributed by atoms with Gasteiger partial charge in [-0.05, 0) is 5.56 Å². The fraction of sp³-hybridized carbons (Fsp3) is 0.357. The third-order valence-electron chi connectivity index (χ3n) is 3.27. The Hall–Kier alpha value is -1.86. The van der Waals surface area contributed by atoms with Gasteiger partial charge in [0, 0.05) is 13.1 Å². The van der Waals surface area contributed by atoms with Crippen LogP contribution >= 0.6 is 11.8 Å². The molecular weight excluding hydrogens is 288 g/mol. The number of hydrogen-bond acceptors (Lipinski definition) is 5. The van der Waals surface area contributed by atoms with Crippen LogP contribution in [-0.2, 0) is 9.53 Å². The molecule has 1 saturated heterocycles. The molecule has 7 heteroatoms. The van der Waals surface area contributed by atoms with E-state index in [-0.39, 0.29) is 11.2 Å². The second-order valence-electron chi connectivity index (χ2n) is 4.64. The Morgan fingerprint density at radius 3 is 2.71 bits per heavy atom. The topological polar surface area (TPSA) is 71.1 Å². The number of morpholine rings is 1. The summed E-state index contributed by atoms with van der Waals surface area (Å²) in [6.45, 7) is 2.47. The monoisotopic (exact) mass is 304 g/mol. The van der Waals surface area contributed by atoms with Crippen molar-refractivity contribution in [2.45, 2.75) is 10.4 Å². The second kappa shape index (κ2) is 6.73. The maximum absolute atomic E-state index is 12.8. The van der Waals surface area contributed by atoms with Crippen LogP contribution in [0, 0.1) is 0 Å². The van der Waals surface area contributed by atoms with E-state index in [2.05, 4.69) is 15.2 Å². The molecule has 1 aromatic heterocycles. The lowest BCUT2D eigenvalue weighted by Gasteiger charge is -2.30. The third kappa shape index (κ3) is 3.43. The number of nitrogens with one attached hydrogen (secondary N) is 1. The molecule has 0 spiro atoms. The minimum Gasteiger partial charge on any atom is -0.378 e. The Balaban J connectivity index is 1.82. The highest BCUT2D eigenvalue weighted by molar-refractivity contribution is 8.00. The van der Waals surface area contributed by atoms with E-state index in [9.17, 15) is 4.79 Å². The zero-order valence-electron chi connectivity index (χ0n) is 11.4. The molecule has 1 N–H and O–H groups in total. The molecule has 1 aromatic carbocycles. The Kier molecular flexibility index (Phi) is 4.52. The first-order valence-corrected chi connectivity index (χ1v) is 7.66. The molecule has 0 aliphatic carbocycles. The number of amides is 1. The van der Waals surface area contributed by atoms with Crippen LogP contribution in [0.5, 0.6) is 0 Å². The van der Waals surface area contributed by atoms with Crippen molar-refractivity contribution in [3.05, 3.63) is 42.2 Å². The van der Waals surface area contributed by atoms with Crippen LogP contribution in [0.2, 0.25) is 0 Å². The Morgan fingerprint density at radius 1 is 1.29 bits per heavy atom. The summed E-state index contributed by atoms with van der Waals surface area (Å²) in [5.41, 5.74) is 0.968. The lowest BCUT2D eigenvalue weighted by atomic mass is 10.1. The van der Waals surface area contributed by atoms with Gasteiger partial charge in [0.05, 0.1) is 13.2 Å². The highest BCUT2D eigenvalue weighted by Gasteiger charge is 2.28. The van der Waals surface area contributed by atoms with Gasteiger partial charge in [-0.3, -0.25) is 9.89 Å². The van der Waals surface area contributed by atoms with E-state index in [1.165, 1.54) is 18.1 Å². The summed E-state index contributed by atoms with van der Waals surface area (Å²) in [6.07, 6.45) is 1.45.